The second-order valence-corrected chi connectivity index (χ2v) is 9.34. The van der Waals surface area contributed by atoms with Gasteiger partial charge in [-0.2, -0.15) is 0 Å². The van der Waals surface area contributed by atoms with E-state index in [1.807, 2.05) is 36.6 Å². The molecule has 4 rings (SSSR count). The van der Waals surface area contributed by atoms with Crippen molar-refractivity contribution in [2.24, 2.45) is 0 Å². The van der Waals surface area contributed by atoms with Crippen molar-refractivity contribution >= 4 is 51.2 Å². The van der Waals surface area contributed by atoms with Crippen LogP contribution < -0.4 is 4.90 Å². The average Bonchev–Trinajstić information content (AvgIpc) is 3.40. The fourth-order valence-electron chi connectivity index (χ4n) is 2.77. The molecule has 0 aliphatic heterocycles. The van der Waals surface area contributed by atoms with Crippen LogP contribution in [0.25, 0.3) is 11.3 Å². The van der Waals surface area contributed by atoms with Crippen LogP contribution in [0.3, 0.4) is 0 Å². The summed E-state index contributed by atoms with van der Waals surface area (Å²) in [5.41, 5.74) is 6.68. The number of thiazole rings is 1. The lowest BCUT2D eigenvalue weighted by Gasteiger charge is -2.20. The minimum atomic E-state index is -0.0411. The summed E-state index contributed by atoms with van der Waals surface area (Å²) in [6, 6.07) is 16.1. The molecule has 1 amide bonds. The highest BCUT2D eigenvalue weighted by Crippen LogP contribution is 2.34. The molecule has 29 heavy (non-hydrogen) atoms. The number of hydrogen-bond acceptors (Lipinski definition) is 7. The molecule has 2 aromatic carbocycles. The standard InChI is InChI=1S/C21H18N4OS3/c1-14-6-8-16(9-7-14)18-11-27-20(23-18)25(17-5-3-4-15(2)10-17)19(26)12-28-21-24-22-13-29-21/h3-11,13H,12H2,1-2H3. The molecule has 0 unspecified atom stereocenters. The number of aryl methyl sites for hydroxylation is 2. The summed E-state index contributed by atoms with van der Waals surface area (Å²) in [6.45, 7) is 4.08. The zero-order valence-corrected chi connectivity index (χ0v) is 18.4. The van der Waals surface area contributed by atoms with Gasteiger partial charge in [0.1, 0.15) is 5.51 Å². The maximum Gasteiger partial charge on any atom is 0.243 e. The van der Waals surface area contributed by atoms with E-state index in [0.29, 0.717) is 5.13 Å². The maximum absolute atomic E-state index is 13.2. The number of benzene rings is 2. The summed E-state index contributed by atoms with van der Waals surface area (Å²) in [5, 5.41) is 10.5. The zero-order valence-electron chi connectivity index (χ0n) is 15.9. The number of hydrogen-bond donors (Lipinski definition) is 0. The molecule has 0 aliphatic rings. The van der Waals surface area contributed by atoms with E-state index in [-0.39, 0.29) is 11.7 Å². The summed E-state index contributed by atoms with van der Waals surface area (Å²) < 4.78 is 0.780. The third-order valence-electron chi connectivity index (χ3n) is 4.20. The Morgan fingerprint density at radius 1 is 1.07 bits per heavy atom. The monoisotopic (exact) mass is 438 g/mol. The van der Waals surface area contributed by atoms with Gasteiger partial charge in [0, 0.05) is 10.9 Å². The number of rotatable bonds is 6. The molecule has 0 fully saturated rings. The first kappa shape index (κ1) is 19.8. The summed E-state index contributed by atoms with van der Waals surface area (Å²) >= 11 is 4.29. The van der Waals surface area contributed by atoms with E-state index in [4.69, 9.17) is 4.98 Å². The van der Waals surface area contributed by atoms with Crippen LogP contribution in [0.1, 0.15) is 11.1 Å². The van der Waals surface area contributed by atoms with Crippen molar-refractivity contribution in [3.63, 3.8) is 0 Å². The third-order valence-corrected chi connectivity index (χ3v) is 6.87. The first-order valence-electron chi connectivity index (χ1n) is 8.91. The van der Waals surface area contributed by atoms with Gasteiger partial charge >= 0.3 is 0 Å². The van der Waals surface area contributed by atoms with Crippen molar-refractivity contribution in [2.75, 3.05) is 10.7 Å². The SMILES string of the molecule is Cc1ccc(-c2csc(N(C(=O)CSc3nncs3)c3cccc(C)c3)n2)cc1. The molecule has 0 bridgehead atoms. The van der Waals surface area contributed by atoms with Crippen LogP contribution in [0, 0.1) is 13.8 Å². The van der Waals surface area contributed by atoms with Gasteiger partial charge in [-0.1, -0.05) is 65.1 Å². The minimum Gasteiger partial charge on any atom is -0.273 e. The van der Waals surface area contributed by atoms with E-state index in [1.165, 1.54) is 40.0 Å². The summed E-state index contributed by atoms with van der Waals surface area (Å²) in [5.74, 6) is 0.225. The van der Waals surface area contributed by atoms with Crippen molar-refractivity contribution in [1.82, 2.24) is 15.2 Å². The Balaban J connectivity index is 1.65. The van der Waals surface area contributed by atoms with Crippen LogP contribution >= 0.6 is 34.4 Å². The normalized spacial score (nSPS) is 10.8. The topological polar surface area (TPSA) is 59.0 Å². The lowest BCUT2D eigenvalue weighted by Crippen LogP contribution is -2.27. The number of aromatic nitrogens is 3. The molecule has 0 atom stereocenters. The Bertz CT molecular complexity index is 1110. The van der Waals surface area contributed by atoms with Gasteiger partial charge in [-0.05, 0) is 31.5 Å². The molecule has 0 aliphatic carbocycles. The number of nitrogens with zero attached hydrogens (tertiary/aromatic N) is 4. The molecule has 8 heteroatoms. The van der Waals surface area contributed by atoms with Crippen LogP contribution in [0.4, 0.5) is 10.8 Å². The molecule has 4 aromatic rings. The van der Waals surface area contributed by atoms with E-state index >= 15 is 0 Å². The Morgan fingerprint density at radius 2 is 1.90 bits per heavy atom. The second-order valence-electron chi connectivity index (χ2n) is 6.44. The van der Waals surface area contributed by atoms with Crippen LogP contribution in [0.5, 0.6) is 0 Å². The highest BCUT2D eigenvalue weighted by Gasteiger charge is 2.22. The number of amides is 1. The molecule has 0 N–H and O–H groups in total. The number of anilines is 2. The average molecular weight is 439 g/mol. The first-order valence-corrected chi connectivity index (χ1v) is 11.7. The van der Waals surface area contributed by atoms with Crippen LogP contribution in [0.2, 0.25) is 0 Å². The van der Waals surface area contributed by atoms with Gasteiger partial charge in [-0.25, -0.2) is 4.98 Å². The molecular formula is C21H18N4OS3. The van der Waals surface area contributed by atoms with Crippen molar-refractivity contribution in [2.45, 2.75) is 18.2 Å². The molecular weight excluding hydrogens is 420 g/mol. The molecule has 2 heterocycles. The highest BCUT2D eigenvalue weighted by atomic mass is 32.2. The van der Waals surface area contributed by atoms with E-state index in [0.717, 1.165) is 26.8 Å². The molecule has 0 saturated heterocycles. The molecule has 2 aromatic heterocycles. The molecule has 0 saturated carbocycles. The summed E-state index contributed by atoms with van der Waals surface area (Å²) in [6.07, 6.45) is 0. The number of carbonyl (C=O) groups is 1. The second kappa shape index (κ2) is 8.86. The van der Waals surface area contributed by atoms with Gasteiger partial charge in [-0.3, -0.25) is 9.69 Å². The van der Waals surface area contributed by atoms with Crippen molar-refractivity contribution in [3.8, 4) is 11.3 Å². The number of thioether (sulfide) groups is 1. The fourth-order valence-corrected chi connectivity index (χ4v) is 4.97. The molecule has 0 spiro atoms. The molecule has 146 valence electrons. The lowest BCUT2D eigenvalue weighted by atomic mass is 10.1. The van der Waals surface area contributed by atoms with Crippen LogP contribution in [-0.2, 0) is 4.79 Å². The quantitative estimate of drug-likeness (QED) is 0.360. The summed E-state index contributed by atoms with van der Waals surface area (Å²) in [7, 11) is 0. The van der Waals surface area contributed by atoms with Crippen molar-refractivity contribution in [1.29, 1.82) is 0 Å². The van der Waals surface area contributed by atoms with Crippen molar-refractivity contribution < 1.29 is 4.79 Å². The van der Waals surface area contributed by atoms with Gasteiger partial charge in [0.2, 0.25) is 5.91 Å². The Kier molecular flexibility index (Phi) is 6.03. The Labute approximate surface area is 181 Å². The fraction of sp³-hybridized carbons (Fsp3) is 0.143. The van der Waals surface area contributed by atoms with Crippen LogP contribution in [-0.4, -0.2) is 26.8 Å². The molecule has 0 radical (unpaired) electrons. The summed E-state index contributed by atoms with van der Waals surface area (Å²) in [4.78, 5) is 19.6. The predicted molar refractivity (Wildman–Crippen MR) is 121 cm³/mol. The van der Waals surface area contributed by atoms with Gasteiger partial charge in [0.15, 0.2) is 9.47 Å². The van der Waals surface area contributed by atoms with Gasteiger partial charge in [0.05, 0.1) is 17.1 Å². The van der Waals surface area contributed by atoms with E-state index in [1.54, 1.807) is 10.4 Å². The first-order chi connectivity index (χ1) is 14.1. The molecule has 5 nitrogen and oxygen atoms in total. The third kappa shape index (κ3) is 4.72. The predicted octanol–water partition coefficient (Wildman–Crippen LogP) is 5.74. The van der Waals surface area contributed by atoms with Gasteiger partial charge < -0.3 is 0 Å². The zero-order chi connectivity index (χ0) is 20.2. The van der Waals surface area contributed by atoms with E-state index < -0.39 is 0 Å². The lowest BCUT2D eigenvalue weighted by molar-refractivity contribution is -0.115. The number of carbonyl (C=O) groups excluding carboxylic acids is 1. The van der Waals surface area contributed by atoms with Crippen LogP contribution in [0.15, 0.2) is 63.8 Å². The van der Waals surface area contributed by atoms with Gasteiger partial charge in [-0.15, -0.1) is 21.5 Å². The van der Waals surface area contributed by atoms with Gasteiger partial charge in [0.25, 0.3) is 0 Å². The maximum atomic E-state index is 13.2. The highest BCUT2D eigenvalue weighted by molar-refractivity contribution is 8.01. The largest absolute Gasteiger partial charge is 0.273 e. The van der Waals surface area contributed by atoms with E-state index in [2.05, 4.69) is 41.4 Å². The smallest absolute Gasteiger partial charge is 0.243 e. The Hall–Kier alpha value is -2.55. The van der Waals surface area contributed by atoms with E-state index in [9.17, 15) is 4.79 Å². The minimum absolute atomic E-state index is 0.0411. The Morgan fingerprint density at radius 3 is 2.62 bits per heavy atom. The van der Waals surface area contributed by atoms with Crippen molar-refractivity contribution in [3.05, 3.63) is 70.5 Å².